The lowest BCUT2D eigenvalue weighted by molar-refractivity contribution is 0.219. The van der Waals surface area contributed by atoms with Gasteiger partial charge in [-0.3, -0.25) is 4.90 Å². The molecule has 92 valence electrons. The number of hydrogen-bond acceptors (Lipinski definition) is 2. The van der Waals surface area contributed by atoms with Gasteiger partial charge < -0.3 is 5.32 Å². The highest BCUT2D eigenvalue weighted by molar-refractivity contribution is 5.15. The van der Waals surface area contributed by atoms with Gasteiger partial charge in [0.15, 0.2) is 0 Å². The highest BCUT2D eigenvalue weighted by Crippen LogP contribution is 2.37. The van der Waals surface area contributed by atoms with Crippen molar-refractivity contribution in [3.05, 3.63) is 35.9 Å². The second-order valence-electron chi connectivity index (χ2n) is 5.38. The van der Waals surface area contributed by atoms with Crippen LogP contribution in [0.4, 0.5) is 0 Å². The molecule has 1 saturated heterocycles. The number of fused-ring (bicyclic) bond motifs is 2. The Morgan fingerprint density at radius 2 is 2.06 bits per heavy atom. The molecule has 1 aliphatic carbocycles. The quantitative estimate of drug-likeness (QED) is 0.853. The summed E-state index contributed by atoms with van der Waals surface area (Å²) in [7, 11) is 0. The van der Waals surface area contributed by atoms with E-state index in [4.69, 9.17) is 0 Å². The summed E-state index contributed by atoms with van der Waals surface area (Å²) in [6.45, 7) is 5.84. The van der Waals surface area contributed by atoms with E-state index in [1.807, 2.05) is 0 Å². The van der Waals surface area contributed by atoms with Crippen LogP contribution in [0.15, 0.2) is 30.3 Å². The number of nitrogens with zero attached hydrogens (tertiary/aromatic N) is 1. The second-order valence-corrected chi connectivity index (χ2v) is 5.38. The topological polar surface area (TPSA) is 15.3 Å². The fourth-order valence-electron chi connectivity index (χ4n) is 3.61. The minimum absolute atomic E-state index is 0.732. The van der Waals surface area contributed by atoms with Gasteiger partial charge in [0.05, 0.1) is 0 Å². The third kappa shape index (κ3) is 2.12. The molecule has 17 heavy (non-hydrogen) atoms. The van der Waals surface area contributed by atoms with Gasteiger partial charge in [0.2, 0.25) is 0 Å². The van der Waals surface area contributed by atoms with Crippen LogP contribution in [0.5, 0.6) is 0 Å². The highest BCUT2D eigenvalue weighted by atomic mass is 15.2. The van der Waals surface area contributed by atoms with Crippen LogP contribution in [0.1, 0.15) is 25.3 Å². The van der Waals surface area contributed by atoms with Crippen LogP contribution in [0.3, 0.4) is 0 Å². The van der Waals surface area contributed by atoms with E-state index in [0.717, 1.165) is 24.5 Å². The first kappa shape index (κ1) is 11.2. The number of piperidine rings is 1. The number of hydrogen-bond donors (Lipinski definition) is 1. The Morgan fingerprint density at radius 1 is 1.24 bits per heavy atom. The van der Waals surface area contributed by atoms with Crippen molar-refractivity contribution in [2.24, 2.45) is 5.92 Å². The largest absolute Gasteiger partial charge is 0.308 e. The van der Waals surface area contributed by atoms with Gasteiger partial charge in [0.25, 0.3) is 0 Å². The molecule has 1 saturated carbocycles. The van der Waals surface area contributed by atoms with Gasteiger partial charge in [-0.1, -0.05) is 37.3 Å². The molecule has 0 radical (unpaired) electrons. The summed E-state index contributed by atoms with van der Waals surface area (Å²) in [6, 6.07) is 12.3. The molecule has 0 aromatic heterocycles. The Hall–Kier alpha value is -0.860. The van der Waals surface area contributed by atoms with E-state index in [1.165, 1.54) is 31.5 Å². The number of likely N-dealkylation sites (N-methyl/N-ethyl adjacent to an activating group) is 1. The lowest BCUT2D eigenvalue weighted by Gasteiger charge is -2.25. The van der Waals surface area contributed by atoms with Crippen molar-refractivity contribution in [2.45, 2.75) is 38.4 Å². The first-order valence-electron chi connectivity index (χ1n) is 6.90. The Balaban J connectivity index is 1.60. The molecule has 0 spiro atoms. The number of likely N-dealkylation sites (tertiary alicyclic amines) is 1. The van der Waals surface area contributed by atoms with Crippen LogP contribution in [0.25, 0.3) is 0 Å². The number of nitrogens with one attached hydrogen (secondary N) is 1. The Morgan fingerprint density at radius 3 is 2.76 bits per heavy atom. The van der Waals surface area contributed by atoms with E-state index in [2.05, 4.69) is 47.5 Å². The summed E-state index contributed by atoms with van der Waals surface area (Å²) in [5.41, 5.74) is 1.40. The molecule has 0 amide bonds. The van der Waals surface area contributed by atoms with E-state index in [0.29, 0.717) is 0 Å². The van der Waals surface area contributed by atoms with E-state index in [1.54, 1.807) is 0 Å². The van der Waals surface area contributed by atoms with Gasteiger partial charge in [0.1, 0.15) is 0 Å². The molecule has 1 aromatic carbocycles. The first-order valence-corrected chi connectivity index (χ1v) is 6.90. The maximum absolute atomic E-state index is 3.78. The molecule has 2 nitrogen and oxygen atoms in total. The van der Waals surface area contributed by atoms with Crippen molar-refractivity contribution < 1.29 is 0 Å². The summed E-state index contributed by atoms with van der Waals surface area (Å²) in [5, 5.41) is 3.78. The molecular formula is C15H22N2. The van der Waals surface area contributed by atoms with E-state index in [9.17, 15) is 0 Å². The van der Waals surface area contributed by atoms with E-state index >= 15 is 0 Å². The zero-order valence-corrected chi connectivity index (χ0v) is 10.6. The minimum atomic E-state index is 0.732. The Labute approximate surface area is 104 Å². The highest BCUT2D eigenvalue weighted by Gasteiger charge is 2.45. The predicted molar refractivity (Wildman–Crippen MR) is 70.8 cm³/mol. The molecule has 0 unspecified atom stereocenters. The van der Waals surface area contributed by atoms with Crippen LogP contribution in [0, 0.1) is 5.92 Å². The molecule has 2 aliphatic rings. The van der Waals surface area contributed by atoms with Gasteiger partial charge in [-0.25, -0.2) is 0 Å². The molecule has 2 fully saturated rings. The Kier molecular flexibility index (Phi) is 3.17. The third-order valence-electron chi connectivity index (χ3n) is 4.48. The van der Waals surface area contributed by atoms with Crippen LogP contribution >= 0.6 is 0 Å². The standard InChI is InChI=1S/C15H22N2/c1-2-17-11-13-8-9-14(17)15(13)16-10-12-6-4-3-5-7-12/h3-7,13-16H,2,8-11H2,1H3/t13-,14-,15-/m1/s1. The average Bonchev–Trinajstić information content (AvgIpc) is 2.94. The maximum atomic E-state index is 3.78. The first-order chi connectivity index (χ1) is 8.38. The fourth-order valence-corrected chi connectivity index (χ4v) is 3.61. The Bertz CT molecular complexity index is 362. The smallest absolute Gasteiger partial charge is 0.0267 e. The lowest BCUT2D eigenvalue weighted by atomic mass is 10.1. The van der Waals surface area contributed by atoms with Crippen LogP contribution < -0.4 is 5.32 Å². The SMILES string of the molecule is CCN1C[C@H]2CC[C@@H]1[C@@H]2NCc1ccccc1. The van der Waals surface area contributed by atoms with Gasteiger partial charge in [-0.05, 0) is 30.9 Å². The summed E-state index contributed by atoms with van der Waals surface area (Å²) < 4.78 is 0. The van der Waals surface area contributed by atoms with E-state index in [-0.39, 0.29) is 0 Å². The normalized spacial score (nSPS) is 32.2. The van der Waals surface area contributed by atoms with Crippen molar-refractivity contribution >= 4 is 0 Å². The zero-order chi connectivity index (χ0) is 11.7. The molecule has 2 bridgehead atoms. The van der Waals surface area contributed by atoms with Gasteiger partial charge in [-0.15, -0.1) is 0 Å². The summed E-state index contributed by atoms with van der Waals surface area (Å²) in [5.74, 6) is 0.892. The van der Waals surface area contributed by atoms with Crippen molar-refractivity contribution in [3.63, 3.8) is 0 Å². The molecule has 1 heterocycles. The third-order valence-corrected chi connectivity index (χ3v) is 4.48. The molecule has 1 N–H and O–H groups in total. The van der Waals surface area contributed by atoms with Crippen molar-refractivity contribution in [3.8, 4) is 0 Å². The van der Waals surface area contributed by atoms with Gasteiger partial charge in [-0.2, -0.15) is 0 Å². The minimum Gasteiger partial charge on any atom is -0.308 e. The summed E-state index contributed by atoms with van der Waals surface area (Å²) >= 11 is 0. The zero-order valence-electron chi connectivity index (χ0n) is 10.6. The molecule has 3 rings (SSSR count). The number of rotatable bonds is 4. The van der Waals surface area contributed by atoms with Gasteiger partial charge in [0, 0.05) is 25.2 Å². The van der Waals surface area contributed by atoms with Crippen LogP contribution in [0.2, 0.25) is 0 Å². The summed E-state index contributed by atoms with van der Waals surface area (Å²) in [4.78, 5) is 2.65. The monoisotopic (exact) mass is 230 g/mol. The molecule has 1 aromatic rings. The van der Waals surface area contributed by atoms with Crippen LogP contribution in [-0.4, -0.2) is 30.1 Å². The van der Waals surface area contributed by atoms with Crippen molar-refractivity contribution in [2.75, 3.05) is 13.1 Å². The molecular weight excluding hydrogens is 208 g/mol. The summed E-state index contributed by atoms with van der Waals surface area (Å²) in [6.07, 6.45) is 2.82. The van der Waals surface area contributed by atoms with Gasteiger partial charge >= 0.3 is 0 Å². The second kappa shape index (κ2) is 4.79. The van der Waals surface area contributed by atoms with Crippen LogP contribution in [-0.2, 0) is 6.54 Å². The van der Waals surface area contributed by atoms with Crippen molar-refractivity contribution in [1.82, 2.24) is 10.2 Å². The molecule has 1 aliphatic heterocycles. The van der Waals surface area contributed by atoms with Crippen molar-refractivity contribution in [1.29, 1.82) is 0 Å². The predicted octanol–water partition coefficient (Wildman–Crippen LogP) is 2.26. The average molecular weight is 230 g/mol. The lowest BCUT2D eigenvalue weighted by Crippen LogP contribution is -2.40. The molecule has 2 heteroatoms. The maximum Gasteiger partial charge on any atom is 0.0267 e. The fraction of sp³-hybridized carbons (Fsp3) is 0.600. The molecule has 3 atom stereocenters. The number of benzene rings is 1. The van der Waals surface area contributed by atoms with E-state index < -0.39 is 0 Å².